The van der Waals surface area contributed by atoms with Crippen LogP contribution in [0.3, 0.4) is 0 Å². The Hall–Kier alpha value is -1.68. The molecule has 22 heavy (non-hydrogen) atoms. The van der Waals surface area contributed by atoms with E-state index in [1.165, 1.54) is 30.6 Å². The molecule has 1 saturated carbocycles. The first-order valence-electron chi connectivity index (χ1n) is 8.06. The molecule has 3 rings (SSSR count). The summed E-state index contributed by atoms with van der Waals surface area (Å²) in [5.41, 5.74) is 2.17. The van der Waals surface area contributed by atoms with Gasteiger partial charge >= 0.3 is 0 Å². The van der Waals surface area contributed by atoms with Crippen molar-refractivity contribution in [3.63, 3.8) is 0 Å². The minimum Gasteiger partial charge on any atom is -0.352 e. The summed E-state index contributed by atoms with van der Waals surface area (Å²) in [6.07, 6.45) is 10.7. The maximum absolute atomic E-state index is 12.0. The number of carbonyl (C=O) groups is 1. The molecule has 1 aliphatic rings. The second-order valence-corrected chi connectivity index (χ2v) is 6.97. The number of hydrogen-bond acceptors (Lipinski definition) is 3. The van der Waals surface area contributed by atoms with Crippen LogP contribution in [0.15, 0.2) is 36.0 Å². The van der Waals surface area contributed by atoms with E-state index in [-0.39, 0.29) is 5.91 Å². The van der Waals surface area contributed by atoms with Crippen LogP contribution in [0.25, 0.3) is 10.4 Å². The van der Waals surface area contributed by atoms with Crippen LogP contribution in [0.1, 0.15) is 44.1 Å². The molecule has 1 amide bonds. The first kappa shape index (κ1) is 15.2. The lowest BCUT2D eigenvalue weighted by Crippen LogP contribution is -2.23. The summed E-state index contributed by atoms with van der Waals surface area (Å²) in [5, 5.41) is 5.08. The predicted molar refractivity (Wildman–Crippen MR) is 90.6 cm³/mol. The molecule has 0 spiro atoms. The number of carbonyl (C=O) groups excluding carboxylic acids is 1. The van der Waals surface area contributed by atoms with E-state index in [4.69, 9.17) is 0 Å². The zero-order valence-corrected chi connectivity index (χ0v) is 13.6. The van der Waals surface area contributed by atoms with Crippen molar-refractivity contribution in [3.05, 3.63) is 41.5 Å². The monoisotopic (exact) mass is 314 g/mol. The molecule has 0 bridgehead atoms. The van der Waals surface area contributed by atoms with Gasteiger partial charge in [0.15, 0.2) is 0 Å². The molecule has 4 heteroatoms. The van der Waals surface area contributed by atoms with E-state index in [0.717, 1.165) is 23.5 Å². The van der Waals surface area contributed by atoms with Crippen molar-refractivity contribution in [2.24, 2.45) is 5.92 Å². The maximum atomic E-state index is 12.0. The van der Waals surface area contributed by atoms with Gasteiger partial charge in [-0.25, -0.2) is 0 Å². The third-order valence-electron chi connectivity index (χ3n) is 4.34. The van der Waals surface area contributed by atoms with Gasteiger partial charge in [-0.3, -0.25) is 9.78 Å². The Morgan fingerprint density at radius 2 is 2.18 bits per heavy atom. The number of hydrogen-bond donors (Lipinski definition) is 1. The van der Waals surface area contributed by atoms with Crippen molar-refractivity contribution < 1.29 is 4.79 Å². The van der Waals surface area contributed by atoms with Crippen LogP contribution in [0, 0.1) is 5.92 Å². The average Bonchev–Trinajstić information content (AvgIpc) is 3.24. The molecule has 3 nitrogen and oxygen atoms in total. The highest BCUT2D eigenvalue weighted by Gasteiger charge is 2.16. The summed E-state index contributed by atoms with van der Waals surface area (Å²) >= 11 is 1.70. The van der Waals surface area contributed by atoms with Crippen molar-refractivity contribution in [1.29, 1.82) is 0 Å². The quantitative estimate of drug-likeness (QED) is 0.859. The third kappa shape index (κ3) is 4.17. The first-order chi connectivity index (χ1) is 10.8. The van der Waals surface area contributed by atoms with Gasteiger partial charge < -0.3 is 5.32 Å². The fraction of sp³-hybridized carbons (Fsp3) is 0.444. The summed E-state index contributed by atoms with van der Waals surface area (Å²) in [4.78, 5) is 17.5. The molecule has 1 N–H and O–H groups in total. The minimum absolute atomic E-state index is 0.161. The fourth-order valence-corrected chi connectivity index (χ4v) is 3.79. The molecule has 2 heterocycles. The van der Waals surface area contributed by atoms with Crippen LogP contribution in [-0.2, 0) is 11.3 Å². The molecular weight excluding hydrogens is 292 g/mol. The summed E-state index contributed by atoms with van der Waals surface area (Å²) in [7, 11) is 0. The molecule has 0 radical (unpaired) electrons. The fourth-order valence-electron chi connectivity index (χ4n) is 3.09. The van der Waals surface area contributed by atoms with E-state index in [1.807, 2.05) is 18.5 Å². The molecular formula is C18H22N2OS. The lowest BCUT2D eigenvalue weighted by Gasteiger charge is -2.09. The number of aromatic nitrogens is 1. The van der Waals surface area contributed by atoms with Crippen LogP contribution >= 0.6 is 11.3 Å². The highest BCUT2D eigenvalue weighted by molar-refractivity contribution is 7.13. The van der Waals surface area contributed by atoms with Gasteiger partial charge in [0, 0.05) is 35.8 Å². The zero-order chi connectivity index (χ0) is 15.2. The Morgan fingerprint density at radius 1 is 1.32 bits per heavy atom. The van der Waals surface area contributed by atoms with E-state index >= 15 is 0 Å². The van der Waals surface area contributed by atoms with E-state index in [2.05, 4.69) is 27.8 Å². The van der Waals surface area contributed by atoms with Gasteiger partial charge in [-0.2, -0.15) is 0 Å². The Bertz CT molecular complexity index is 603. The molecule has 2 aromatic rings. The predicted octanol–water partition coefficient (Wildman–Crippen LogP) is 4.40. The zero-order valence-electron chi connectivity index (χ0n) is 12.8. The second kappa shape index (κ2) is 7.54. The summed E-state index contributed by atoms with van der Waals surface area (Å²) in [6.45, 7) is 0.565. The van der Waals surface area contributed by atoms with Gasteiger partial charge in [0.25, 0.3) is 0 Å². The molecule has 0 atom stereocenters. The lowest BCUT2D eigenvalue weighted by molar-refractivity contribution is -0.121. The molecule has 116 valence electrons. The van der Waals surface area contributed by atoms with Crippen LogP contribution < -0.4 is 5.32 Å². The Kier molecular flexibility index (Phi) is 5.22. The molecule has 0 saturated heterocycles. The molecule has 0 unspecified atom stereocenters. The topological polar surface area (TPSA) is 42.0 Å². The van der Waals surface area contributed by atoms with Crippen molar-refractivity contribution in [2.45, 2.75) is 45.1 Å². The van der Waals surface area contributed by atoms with Crippen LogP contribution in [0.2, 0.25) is 0 Å². The number of thiophene rings is 1. The van der Waals surface area contributed by atoms with Crippen molar-refractivity contribution >= 4 is 17.2 Å². The van der Waals surface area contributed by atoms with E-state index in [0.29, 0.717) is 13.0 Å². The largest absolute Gasteiger partial charge is 0.352 e. The molecule has 1 aliphatic carbocycles. The van der Waals surface area contributed by atoms with Gasteiger partial charge in [-0.05, 0) is 35.4 Å². The third-order valence-corrected chi connectivity index (χ3v) is 5.26. The summed E-state index contributed by atoms with van der Waals surface area (Å²) in [6, 6.07) is 6.24. The number of pyridine rings is 1. The lowest BCUT2D eigenvalue weighted by atomic mass is 10.0. The SMILES string of the molecule is O=C(CCC1CCCC1)NCc1cncc(-c2cccs2)c1. The smallest absolute Gasteiger partial charge is 0.220 e. The number of nitrogens with zero attached hydrogens (tertiary/aromatic N) is 1. The van der Waals surface area contributed by atoms with Crippen molar-refractivity contribution in [3.8, 4) is 10.4 Å². The standard InChI is InChI=1S/C18H22N2OS/c21-18(8-7-14-4-1-2-5-14)20-12-15-10-16(13-19-11-15)17-6-3-9-22-17/h3,6,9-11,13-14H,1-2,4-5,7-8,12H2,(H,20,21). The van der Waals surface area contributed by atoms with Gasteiger partial charge in [-0.15, -0.1) is 11.3 Å². The van der Waals surface area contributed by atoms with Gasteiger partial charge in [0.2, 0.25) is 5.91 Å². The Balaban J connectivity index is 1.48. The second-order valence-electron chi connectivity index (χ2n) is 6.03. The Labute approximate surface area is 135 Å². The Morgan fingerprint density at radius 3 is 2.95 bits per heavy atom. The number of nitrogens with one attached hydrogen (secondary N) is 1. The average molecular weight is 314 g/mol. The number of amides is 1. The first-order valence-corrected chi connectivity index (χ1v) is 8.94. The van der Waals surface area contributed by atoms with Crippen molar-refractivity contribution in [1.82, 2.24) is 10.3 Å². The number of rotatable bonds is 6. The molecule has 0 aliphatic heterocycles. The summed E-state index contributed by atoms with van der Waals surface area (Å²) in [5.74, 6) is 0.933. The van der Waals surface area contributed by atoms with Crippen LogP contribution in [-0.4, -0.2) is 10.9 Å². The van der Waals surface area contributed by atoms with Gasteiger partial charge in [-0.1, -0.05) is 31.7 Å². The highest BCUT2D eigenvalue weighted by Crippen LogP contribution is 2.28. The highest BCUT2D eigenvalue weighted by atomic mass is 32.1. The van der Waals surface area contributed by atoms with E-state index in [1.54, 1.807) is 11.3 Å². The molecule has 2 aromatic heterocycles. The van der Waals surface area contributed by atoms with Gasteiger partial charge in [0.05, 0.1) is 0 Å². The minimum atomic E-state index is 0.161. The van der Waals surface area contributed by atoms with Crippen LogP contribution in [0.4, 0.5) is 0 Å². The maximum Gasteiger partial charge on any atom is 0.220 e. The summed E-state index contributed by atoms with van der Waals surface area (Å²) < 4.78 is 0. The van der Waals surface area contributed by atoms with E-state index < -0.39 is 0 Å². The normalized spacial score (nSPS) is 15.1. The van der Waals surface area contributed by atoms with Gasteiger partial charge in [0.1, 0.15) is 0 Å². The molecule has 1 fully saturated rings. The van der Waals surface area contributed by atoms with Crippen LogP contribution in [0.5, 0.6) is 0 Å². The van der Waals surface area contributed by atoms with E-state index in [9.17, 15) is 4.79 Å². The van der Waals surface area contributed by atoms with Crippen molar-refractivity contribution in [2.75, 3.05) is 0 Å². The molecule has 0 aromatic carbocycles.